The van der Waals surface area contributed by atoms with Crippen LogP contribution in [0.2, 0.25) is 0 Å². The normalized spacial score (nSPS) is 12.0. The van der Waals surface area contributed by atoms with E-state index in [2.05, 4.69) is 15.6 Å². The van der Waals surface area contributed by atoms with E-state index in [1.165, 1.54) is 42.5 Å². The first-order valence-electron chi connectivity index (χ1n) is 9.53. The molecule has 31 heavy (non-hydrogen) atoms. The summed E-state index contributed by atoms with van der Waals surface area (Å²) in [5.41, 5.74) is 1.21. The number of carbonyl (C=O) groups is 1. The van der Waals surface area contributed by atoms with E-state index in [-0.39, 0.29) is 5.69 Å². The second kappa shape index (κ2) is 8.27. The Labute approximate surface area is 181 Å². The number of hydrogen-bond acceptors (Lipinski definition) is 6. The van der Waals surface area contributed by atoms with E-state index in [9.17, 15) is 14.0 Å². The standard InChI is InChI=1S/C22H19FN4O3S/c1-12-10-18(30-26-12)15-11-20(28)27(25-21(15)19-9-8-13(2)31-19)14(3)22(29)24-17-7-5-4-6-16(17)23/h4-11,14H,1-3H3,(H,24,29). The number of carbonyl (C=O) groups excluding carboxylic acids is 1. The Balaban J connectivity index is 1.77. The summed E-state index contributed by atoms with van der Waals surface area (Å²) in [4.78, 5) is 27.5. The first-order valence-corrected chi connectivity index (χ1v) is 10.3. The van der Waals surface area contributed by atoms with Gasteiger partial charge in [0.05, 0.1) is 21.8 Å². The van der Waals surface area contributed by atoms with E-state index in [0.717, 1.165) is 14.4 Å². The van der Waals surface area contributed by atoms with Crippen molar-refractivity contribution in [1.29, 1.82) is 0 Å². The molecule has 0 aliphatic carbocycles. The molecule has 1 aromatic carbocycles. The summed E-state index contributed by atoms with van der Waals surface area (Å²) >= 11 is 1.51. The number of nitrogens with zero attached hydrogens (tertiary/aromatic N) is 3. The van der Waals surface area contributed by atoms with Gasteiger partial charge in [-0.05, 0) is 45.0 Å². The average molecular weight is 438 g/mol. The lowest BCUT2D eigenvalue weighted by atomic mass is 10.1. The molecule has 1 atom stereocenters. The molecule has 3 heterocycles. The van der Waals surface area contributed by atoms with Crippen LogP contribution in [0.4, 0.5) is 10.1 Å². The molecule has 4 rings (SSSR count). The second-order valence-corrected chi connectivity index (χ2v) is 8.37. The molecule has 0 saturated heterocycles. The molecule has 1 N–H and O–H groups in total. The van der Waals surface area contributed by atoms with Gasteiger partial charge >= 0.3 is 0 Å². The van der Waals surface area contributed by atoms with E-state index in [1.54, 1.807) is 19.1 Å². The molecule has 1 unspecified atom stereocenters. The number of halogens is 1. The summed E-state index contributed by atoms with van der Waals surface area (Å²) < 4.78 is 20.4. The summed E-state index contributed by atoms with van der Waals surface area (Å²) in [5, 5.41) is 10.9. The first-order chi connectivity index (χ1) is 14.8. The molecule has 0 bridgehead atoms. The van der Waals surface area contributed by atoms with Crippen molar-refractivity contribution < 1.29 is 13.7 Å². The fourth-order valence-electron chi connectivity index (χ4n) is 3.08. The van der Waals surface area contributed by atoms with Crippen molar-refractivity contribution in [2.24, 2.45) is 0 Å². The molecular weight excluding hydrogens is 419 g/mol. The molecule has 0 fully saturated rings. The summed E-state index contributed by atoms with van der Waals surface area (Å²) in [5.74, 6) is -0.704. The summed E-state index contributed by atoms with van der Waals surface area (Å²) in [6, 6.07) is 11.8. The number of anilines is 1. The highest BCUT2D eigenvalue weighted by molar-refractivity contribution is 7.15. The number of aromatic nitrogens is 3. The Hall–Kier alpha value is -3.59. The van der Waals surface area contributed by atoms with Crippen LogP contribution in [0, 0.1) is 19.7 Å². The third-order valence-corrected chi connectivity index (χ3v) is 5.71. The van der Waals surface area contributed by atoms with Crippen LogP contribution in [0.3, 0.4) is 0 Å². The molecule has 0 aliphatic rings. The van der Waals surface area contributed by atoms with Crippen molar-refractivity contribution in [3.05, 3.63) is 75.3 Å². The van der Waals surface area contributed by atoms with Crippen LogP contribution in [-0.2, 0) is 4.79 Å². The van der Waals surface area contributed by atoms with Gasteiger partial charge in [0.1, 0.15) is 17.6 Å². The molecule has 9 heteroatoms. The zero-order chi connectivity index (χ0) is 22.1. The zero-order valence-corrected chi connectivity index (χ0v) is 17.9. The summed E-state index contributed by atoms with van der Waals surface area (Å²) in [6.45, 7) is 5.28. The van der Waals surface area contributed by atoms with Gasteiger partial charge in [0.25, 0.3) is 5.56 Å². The maximum atomic E-state index is 13.9. The zero-order valence-electron chi connectivity index (χ0n) is 17.0. The smallest absolute Gasteiger partial charge is 0.268 e. The van der Waals surface area contributed by atoms with Gasteiger partial charge in [-0.2, -0.15) is 5.10 Å². The van der Waals surface area contributed by atoms with Crippen molar-refractivity contribution in [1.82, 2.24) is 14.9 Å². The lowest BCUT2D eigenvalue weighted by Gasteiger charge is -2.16. The third kappa shape index (κ3) is 4.17. The quantitative estimate of drug-likeness (QED) is 0.493. The number of nitrogens with one attached hydrogen (secondary N) is 1. The van der Waals surface area contributed by atoms with Gasteiger partial charge < -0.3 is 9.84 Å². The number of thiophene rings is 1. The van der Waals surface area contributed by atoms with Gasteiger partial charge in [-0.3, -0.25) is 9.59 Å². The van der Waals surface area contributed by atoms with Crippen molar-refractivity contribution in [3.8, 4) is 21.9 Å². The molecule has 1 amide bonds. The fourth-order valence-corrected chi connectivity index (χ4v) is 3.95. The van der Waals surface area contributed by atoms with Crippen molar-refractivity contribution in [3.63, 3.8) is 0 Å². The average Bonchev–Trinajstić information content (AvgIpc) is 3.37. The fraction of sp³-hybridized carbons (Fsp3) is 0.182. The molecule has 7 nitrogen and oxygen atoms in total. The number of aryl methyl sites for hydroxylation is 2. The number of para-hydroxylation sites is 1. The van der Waals surface area contributed by atoms with Gasteiger partial charge in [0.15, 0.2) is 5.76 Å². The van der Waals surface area contributed by atoms with Gasteiger partial charge in [-0.1, -0.05) is 17.3 Å². The molecule has 158 valence electrons. The Morgan fingerprint density at radius 2 is 1.97 bits per heavy atom. The molecule has 0 saturated carbocycles. The van der Waals surface area contributed by atoms with Crippen LogP contribution in [0.15, 0.2) is 57.8 Å². The van der Waals surface area contributed by atoms with Crippen LogP contribution >= 0.6 is 11.3 Å². The number of rotatable bonds is 5. The van der Waals surface area contributed by atoms with Gasteiger partial charge in [0, 0.05) is 17.0 Å². The lowest BCUT2D eigenvalue weighted by molar-refractivity contribution is -0.119. The van der Waals surface area contributed by atoms with Crippen molar-refractivity contribution in [2.75, 3.05) is 5.32 Å². The molecule has 0 spiro atoms. The second-order valence-electron chi connectivity index (χ2n) is 7.08. The van der Waals surface area contributed by atoms with E-state index in [0.29, 0.717) is 22.7 Å². The largest absolute Gasteiger partial charge is 0.356 e. The number of amides is 1. The molecule has 0 aliphatic heterocycles. The maximum Gasteiger partial charge on any atom is 0.268 e. The Morgan fingerprint density at radius 1 is 1.19 bits per heavy atom. The summed E-state index contributed by atoms with van der Waals surface area (Å²) in [7, 11) is 0. The minimum absolute atomic E-state index is 0.0373. The molecule has 0 radical (unpaired) electrons. The van der Waals surface area contributed by atoms with Crippen molar-refractivity contribution >= 4 is 22.9 Å². The predicted molar refractivity (Wildman–Crippen MR) is 117 cm³/mol. The third-order valence-electron chi connectivity index (χ3n) is 4.70. The molecule has 4 aromatic rings. The van der Waals surface area contributed by atoms with Crippen LogP contribution in [0.1, 0.15) is 23.5 Å². The maximum absolute atomic E-state index is 13.9. The molecule has 3 aromatic heterocycles. The van der Waals surface area contributed by atoms with Gasteiger partial charge in [-0.15, -0.1) is 11.3 Å². The van der Waals surface area contributed by atoms with E-state index >= 15 is 0 Å². The molecular formula is C22H19FN4O3S. The number of hydrogen-bond donors (Lipinski definition) is 1. The van der Waals surface area contributed by atoms with Gasteiger partial charge in [-0.25, -0.2) is 9.07 Å². The SMILES string of the molecule is Cc1cc(-c2cc(=O)n(C(C)C(=O)Nc3ccccc3F)nc2-c2ccc(C)s2)on1. The van der Waals surface area contributed by atoms with Crippen molar-refractivity contribution in [2.45, 2.75) is 26.8 Å². The van der Waals surface area contributed by atoms with E-state index < -0.39 is 23.3 Å². The highest BCUT2D eigenvalue weighted by Crippen LogP contribution is 2.34. The van der Waals surface area contributed by atoms with E-state index in [1.807, 2.05) is 19.1 Å². The topological polar surface area (TPSA) is 90.0 Å². The minimum Gasteiger partial charge on any atom is -0.356 e. The Bertz CT molecular complexity index is 1320. The van der Waals surface area contributed by atoms with E-state index in [4.69, 9.17) is 4.52 Å². The minimum atomic E-state index is -0.975. The van der Waals surface area contributed by atoms with Crippen LogP contribution in [-0.4, -0.2) is 20.8 Å². The Morgan fingerprint density at radius 3 is 2.61 bits per heavy atom. The summed E-state index contributed by atoms with van der Waals surface area (Å²) in [6.07, 6.45) is 0. The predicted octanol–water partition coefficient (Wildman–Crippen LogP) is 4.58. The van der Waals surface area contributed by atoms with Crippen LogP contribution in [0.25, 0.3) is 21.9 Å². The van der Waals surface area contributed by atoms with Gasteiger partial charge in [0.2, 0.25) is 5.91 Å². The highest BCUT2D eigenvalue weighted by atomic mass is 32.1. The highest BCUT2D eigenvalue weighted by Gasteiger charge is 2.23. The number of benzene rings is 1. The first kappa shape index (κ1) is 20.7. The van der Waals surface area contributed by atoms with Crippen LogP contribution in [0.5, 0.6) is 0 Å². The Kier molecular flexibility index (Phi) is 5.51. The van der Waals surface area contributed by atoms with Crippen LogP contribution < -0.4 is 10.9 Å². The lowest BCUT2D eigenvalue weighted by Crippen LogP contribution is -2.33. The monoisotopic (exact) mass is 438 g/mol.